The van der Waals surface area contributed by atoms with E-state index in [1.165, 1.54) is 12.1 Å². The van der Waals surface area contributed by atoms with Crippen molar-refractivity contribution in [3.05, 3.63) is 77.4 Å². The lowest BCUT2D eigenvalue weighted by Crippen LogP contribution is -2.14. The summed E-state index contributed by atoms with van der Waals surface area (Å²) in [5.74, 6) is 0.466. The fourth-order valence-electron chi connectivity index (χ4n) is 3.49. The predicted molar refractivity (Wildman–Crippen MR) is 112 cm³/mol. The van der Waals surface area contributed by atoms with E-state index in [0.29, 0.717) is 18.6 Å². The molecule has 5 nitrogen and oxygen atoms in total. The summed E-state index contributed by atoms with van der Waals surface area (Å²) in [6, 6.07) is 14.5. The number of benzene rings is 2. The minimum Gasteiger partial charge on any atom is -0.497 e. The van der Waals surface area contributed by atoms with Crippen LogP contribution in [-0.2, 0) is 20.1 Å². The summed E-state index contributed by atoms with van der Waals surface area (Å²) < 4.78 is 20.9. The number of fused-ring (bicyclic) bond motifs is 1. The number of hydrogen-bond donors (Lipinski definition) is 1. The standard InChI is InChI=1S/C23H23FN4O/c1-15-19(14-28(2)27-15)13-25-12-18-9-16-7-8-20(24)11-22(16)26-23(18)17-5-4-6-21(10-17)29-3/h4-11,14,25H,12-13H2,1-3H3. The third kappa shape index (κ3) is 4.12. The van der Waals surface area contributed by atoms with Crippen LogP contribution >= 0.6 is 0 Å². The molecule has 148 valence electrons. The minimum atomic E-state index is -0.292. The molecule has 29 heavy (non-hydrogen) atoms. The van der Waals surface area contributed by atoms with Crippen molar-refractivity contribution in [3.63, 3.8) is 0 Å². The van der Waals surface area contributed by atoms with Crippen LogP contribution in [0.5, 0.6) is 5.75 Å². The third-order valence-corrected chi connectivity index (χ3v) is 4.95. The van der Waals surface area contributed by atoms with Crippen molar-refractivity contribution in [2.24, 2.45) is 7.05 Å². The molecule has 0 aliphatic rings. The van der Waals surface area contributed by atoms with Crippen molar-refractivity contribution in [1.29, 1.82) is 0 Å². The Morgan fingerprint density at radius 3 is 2.66 bits per heavy atom. The van der Waals surface area contributed by atoms with Crippen LogP contribution in [0.1, 0.15) is 16.8 Å². The first kappa shape index (κ1) is 19.1. The zero-order chi connectivity index (χ0) is 20.4. The van der Waals surface area contributed by atoms with Crippen molar-refractivity contribution >= 4 is 10.9 Å². The van der Waals surface area contributed by atoms with E-state index in [1.54, 1.807) is 13.2 Å². The summed E-state index contributed by atoms with van der Waals surface area (Å²) in [5.41, 5.74) is 5.60. The normalized spacial score (nSPS) is 11.2. The molecule has 0 saturated heterocycles. The van der Waals surface area contributed by atoms with E-state index in [0.717, 1.165) is 39.2 Å². The molecule has 6 heteroatoms. The Labute approximate surface area is 169 Å². The molecule has 2 heterocycles. The second kappa shape index (κ2) is 8.01. The van der Waals surface area contributed by atoms with E-state index in [9.17, 15) is 4.39 Å². The summed E-state index contributed by atoms with van der Waals surface area (Å²) >= 11 is 0. The van der Waals surface area contributed by atoms with E-state index < -0.39 is 0 Å². The molecule has 0 aliphatic carbocycles. The van der Waals surface area contributed by atoms with Gasteiger partial charge in [0.15, 0.2) is 0 Å². The minimum absolute atomic E-state index is 0.292. The van der Waals surface area contributed by atoms with Crippen LogP contribution in [0.25, 0.3) is 22.2 Å². The van der Waals surface area contributed by atoms with E-state index in [2.05, 4.69) is 16.5 Å². The summed E-state index contributed by atoms with van der Waals surface area (Å²) in [7, 11) is 3.56. The number of aromatic nitrogens is 3. The van der Waals surface area contributed by atoms with Crippen LogP contribution in [0, 0.1) is 12.7 Å². The summed E-state index contributed by atoms with van der Waals surface area (Å²) in [4.78, 5) is 4.78. The van der Waals surface area contributed by atoms with Gasteiger partial charge in [-0.2, -0.15) is 5.10 Å². The Morgan fingerprint density at radius 1 is 1.07 bits per heavy atom. The number of nitrogens with zero attached hydrogens (tertiary/aromatic N) is 3. The number of aryl methyl sites for hydroxylation is 2. The van der Waals surface area contributed by atoms with Gasteiger partial charge in [-0.1, -0.05) is 12.1 Å². The van der Waals surface area contributed by atoms with Crippen molar-refractivity contribution in [2.75, 3.05) is 7.11 Å². The highest BCUT2D eigenvalue weighted by Crippen LogP contribution is 2.28. The maximum atomic E-state index is 13.7. The molecule has 4 aromatic rings. The average Bonchev–Trinajstić information content (AvgIpc) is 3.04. The first-order valence-corrected chi connectivity index (χ1v) is 9.47. The van der Waals surface area contributed by atoms with Crippen molar-refractivity contribution in [1.82, 2.24) is 20.1 Å². The largest absolute Gasteiger partial charge is 0.497 e. The molecule has 0 aliphatic heterocycles. The Bertz CT molecular complexity index is 1170. The Balaban J connectivity index is 1.70. The van der Waals surface area contributed by atoms with Gasteiger partial charge in [0.2, 0.25) is 0 Å². The lowest BCUT2D eigenvalue weighted by molar-refractivity contribution is 0.415. The summed E-state index contributed by atoms with van der Waals surface area (Å²) in [5, 5.41) is 8.78. The molecule has 0 saturated carbocycles. The van der Waals surface area contributed by atoms with Gasteiger partial charge < -0.3 is 10.1 Å². The number of pyridine rings is 1. The number of halogens is 1. The highest BCUT2D eigenvalue weighted by atomic mass is 19.1. The number of ether oxygens (including phenoxy) is 1. The zero-order valence-electron chi connectivity index (χ0n) is 16.7. The van der Waals surface area contributed by atoms with Gasteiger partial charge in [0, 0.05) is 48.9 Å². The lowest BCUT2D eigenvalue weighted by atomic mass is 10.0. The van der Waals surface area contributed by atoms with Crippen LogP contribution in [0.15, 0.2) is 54.7 Å². The molecule has 0 unspecified atom stereocenters. The fourth-order valence-corrected chi connectivity index (χ4v) is 3.49. The number of nitrogens with one attached hydrogen (secondary N) is 1. The van der Waals surface area contributed by atoms with E-state index in [-0.39, 0.29) is 5.82 Å². The van der Waals surface area contributed by atoms with E-state index >= 15 is 0 Å². The Hall–Kier alpha value is -3.25. The first-order chi connectivity index (χ1) is 14.0. The molecule has 1 N–H and O–H groups in total. The summed E-state index contributed by atoms with van der Waals surface area (Å²) in [6.07, 6.45) is 2.02. The molecule has 0 atom stereocenters. The second-order valence-electron chi connectivity index (χ2n) is 7.08. The maximum Gasteiger partial charge on any atom is 0.125 e. The van der Waals surface area contributed by atoms with Crippen molar-refractivity contribution in [2.45, 2.75) is 20.0 Å². The van der Waals surface area contributed by atoms with E-state index in [1.807, 2.05) is 49.1 Å². The van der Waals surface area contributed by atoms with Crippen LogP contribution in [0.4, 0.5) is 4.39 Å². The molecular weight excluding hydrogens is 367 g/mol. The number of methoxy groups -OCH3 is 1. The Morgan fingerprint density at radius 2 is 1.90 bits per heavy atom. The first-order valence-electron chi connectivity index (χ1n) is 9.47. The summed E-state index contributed by atoms with van der Waals surface area (Å²) in [6.45, 7) is 3.34. The van der Waals surface area contributed by atoms with Crippen LogP contribution < -0.4 is 10.1 Å². The van der Waals surface area contributed by atoms with Crippen LogP contribution in [0.2, 0.25) is 0 Å². The van der Waals surface area contributed by atoms with Gasteiger partial charge in [-0.3, -0.25) is 4.68 Å². The lowest BCUT2D eigenvalue weighted by Gasteiger charge is -2.13. The smallest absolute Gasteiger partial charge is 0.125 e. The Kier molecular flexibility index (Phi) is 5.27. The molecule has 0 bridgehead atoms. The molecular formula is C23H23FN4O. The molecule has 0 spiro atoms. The molecule has 2 aromatic carbocycles. The van der Waals surface area contributed by atoms with E-state index in [4.69, 9.17) is 9.72 Å². The highest BCUT2D eigenvalue weighted by Gasteiger charge is 2.12. The average molecular weight is 390 g/mol. The molecule has 0 amide bonds. The van der Waals surface area contributed by atoms with Crippen LogP contribution in [-0.4, -0.2) is 21.9 Å². The highest BCUT2D eigenvalue weighted by molar-refractivity contribution is 5.83. The topological polar surface area (TPSA) is 52.0 Å². The quantitative estimate of drug-likeness (QED) is 0.531. The van der Waals surface area contributed by atoms with Crippen molar-refractivity contribution in [3.8, 4) is 17.0 Å². The molecule has 4 rings (SSSR count). The van der Waals surface area contributed by atoms with Gasteiger partial charge in [0.25, 0.3) is 0 Å². The number of rotatable bonds is 6. The van der Waals surface area contributed by atoms with Gasteiger partial charge in [-0.25, -0.2) is 9.37 Å². The van der Waals surface area contributed by atoms with Gasteiger partial charge in [0.05, 0.1) is 24.0 Å². The van der Waals surface area contributed by atoms with Crippen molar-refractivity contribution < 1.29 is 9.13 Å². The molecule has 2 aromatic heterocycles. The number of hydrogen-bond acceptors (Lipinski definition) is 4. The zero-order valence-corrected chi connectivity index (χ0v) is 16.7. The molecule has 0 radical (unpaired) electrons. The second-order valence-corrected chi connectivity index (χ2v) is 7.08. The third-order valence-electron chi connectivity index (χ3n) is 4.95. The van der Waals surface area contributed by atoms with Gasteiger partial charge in [0.1, 0.15) is 11.6 Å². The molecule has 0 fully saturated rings. The predicted octanol–water partition coefficient (Wildman–Crippen LogP) is 4.38. The SMILES string of the molecule is COc1cccc(-c2nc3cc(F)ccc3cc2CNCc2cn(C)nc2C)c1. The monoisotopic (exact) mass is 390 g/mol. The fraction of sp³-hybridized carbons (Fsp3) is 0.217. The maximum absolute atomic E-state index is 13.7. The van der Waals surface area contributed by atoms with Gasteiger partial charge in [-0.05, 0) is 42.8 Å². The van der Waals surface area contributed by atoms with Crippen LogP contribution in [0.3, 0.4) is 0 Å². The van der Waals surface area contributed by atoms with Gasteiger partial charge in [-0.15, -0.1) is 0 Å². The van der Waals surface area contributed by atoms with Gasteiger partial charge >= 0.3 is 0 Å².